The first kappa shape index (κ1) is 8.31. The van der Waals surface area contributed by atoms with Gasteiger partial charge in [-0.2, -0.15) is 0 Å². The number of hydrogen-bond acceptors (Lipinski definition) is 2. The Morgan fingerprint density at radius 1 is 1.15 bits per heavy atom. The number of sulfone groups is 1. The van der Waals surface area contributed by atoms with Crippen LogP contribution in [0.25, 0.3) is 10.8 Å². The Balaban J connectivity index is 2.75. The number of hydrogen-bond donors (Lipinski definition) is 1. The van der Waals surface area contributed by atoms with Crippen LogP contribution in [0.5, 0.6) is 0 Å². The first-order chi connectivity index (χ1) is 6.07. The van der Waals surface area contributed by atoms with Crippen LogP contribution in [-0.4, -0.2) is 19.7 Å². The first-order valence-corrected chi connectivity index (χ1v) is 5.73. The van der Waals surface area contributed by atoms with E-state index in [4.69, 9.17) is 0 Å². The molecule has 0 atom stereocenters. The molecular formula is C9H9NO2S. The molecule has 0 amide bonds. The van der Waals surface area contributed by atoms with Crippen molar-refractivity contribution in [3.63, 3.8) is 0 Å². The smallest absolute Gasteiger partial charge is 0.175 e. The fourth-order valence-corrected chi connectivity index (χ4v) is 1.92. The minimum atomic E-state index is -3.09. The molecule has 68 valence electrons. The third-order valence-corrected chi connectivity index (χ3v) is 3.07. The maximum atomic E-state index is 11.2. The van der Waals surface area contributed by atoms with E-state index in [1.54, 1.807) is 24.4 Å². The fraction of sp³-hybridized carbons (Fsp3) is 0.111. The van der Waals surface area contributed by atoms with Gasteiger partial charge < -0.3 is 4.98 Å². The molecule has 0 spiro atoms. The van der Waals surface area contributed by atoms with Gasteiger partial charge in [0, 0.05) is 24.0 Å². The third-order valence-electron chi connectivity index (χ3n) is 1.96. The number of nitrogens with one attached hydrogen (secondary N) is 1. The molecule has 0 saturated heterocycles. The summed E-state index contributed by atoms with van der Waals surface area (Å²) in [6, 6.07) is 5.08. The molecule has 0 aliphatic heterocycles. The summed E-state index contributed by atoms with van der Waals surface area (Å²) in [6.45, 7) is 0. The summed E-state index contributed by atoms with van der Waals surface area (Å²) in [7, 11) is -3.09. The highest BCUT2D eigenvalue weighted by Gasteiger charge is 2.06. The van der Waals surface area contributed by atoms with Crippen molar-refractivity contribution in [3.8, 4) is 0 Å². The molecule has 13 heavy (non-hydrogen) atoms. The second kappa shape index (κ2) is 2.60. The van der Waals surface area contributed by atoms with Crippen molar-refractivity contribution in [2.45, 2.75) is 4.90 Å². The number of H-pyrrole nitrogens is 1. The molecule has 1 aromatic heterocycles. The van der Waals surface area contributed by atoms with Crippen LogP contribution in [0.2, 0.25) is 0 Å². The lowest BCUT2D eigenvalue weighted by Crippen LogP contribution is -1.95. The van der Waals surface area contributed by atoms with E-state index in [1.807, 2.05) is 6.20 Å². The normalized spacial score (nSPS) is 12.1. The molecule has 0 aliphatic rings. The second-order valence-corrected chi connectivity index (χ2v) is 5.03. The Labute approximate surface area is 76.3 Å². The lowest BCUT2D eigenvalue weighted by molar-refractivity contribution is 0.602. The standard InChI is InChI=1S/C9H9NO2S/c1-13(11,12)9-3-2-7-5-10-6-8(7)4-9/h2-6,10H,1H3. The van der Waals surface area contributed by atoms with E-state index in [9.17, 15) is 8.42 Å². The molecule has 2 rings (SSSR count). The van der Waals surface area contributed by atoms with E-state index >= 15 is 0 Å². The maximum Gasteiger partial charge on any atom is 0.175 e. The summed E-state index contributed by atoms with van der Waals surface area (Å²) in [5, 5.41) is 1.94. The lowest BCUT2D eigenvalue weighted by Gasteiger charge is -1.96. The van der Waals surface area contributed by atoms with Crippen LogP contribution in [-0.2, 0) is 9.84 Å². The molecule has 2 aromatic rings. The number of fused-ring (bicyclic) bond motifs is 1. The van der Waals surface area contributed by atoms with Crippen molar-refractivity contribution < 1.29 is 8.42 Å². The van der Waals surface area contributed by atoms with Crippen LogP contribution < -0.4 is 0 Å². The van der Waals surface area contributed by atoms with Gasteiger partial charge in [0.25, 0.3) is 0 Å². The molecular weight excluding hydrogens is 186 g/mol. The maximum absolute atomic E-state index is 11.2. The predicted octanol–water partition coefficient (Wildman–Crippen LogP) is 1.57. The molecule has 0 aliphatic carbocycles. The van der Waals surface area contributed by atoms with Gasteiger partial charge in [0.15, 0.2) is 9.84 Å². The minimum absolute atomic E-state index is 0.361. The van der Waals surface area contributed by atoms with Gasteiger partial charge in [0.05, 0.1) is 4.90 Å². The molecule has 0 bridgehead atoms. The highest BCUT2D eigenvalue weighted by molar-refractivity contribution is 7.90. The number of rotatable bonds is 1. The van der Waals surface area contributed by atoms with E-state index in [0.717, 1.165) is 10.8 Å². The topological polar surface area (TPSA) is 49.9 Å². The molecule has 1 N–H and O–H groups in total. The van der Waals surface area contributed by atoms with E-state index < -0.39 is 9.84 Å². The van der Waals surface area contributed by atoms with E-state index in [-0.39, 0.29) is 0 Å². The Morgan fingerprint density at radius 3 is 2.54 bits per heavy atom. The van der Waals surface area contributed by atoms with E-state index in [1.165, 1.54) is 6.26 Å². The molecule has 4 heteroatoms. The van der Waals surface area contributed by atoms with Gasteiger partial charge in [0.2, 0.25) is 0 Å². The van der Waals surface area contributed by atoms with Crippen molar-refractivity contribution in [1.29, 1.82) is 0 Å². The predicted molar refractivity (Wildman–Crippen MR) is 51.4 cm³/mol. The van der Waals surface area contributed by atoms with Crippen molar-refractivity contribution in [2.75, 3.05) is 6.26 Å². The number of benzene rings is 1. The highest BCUT2D eigenvalue weighted by Crippen LogP contribution is 2.18. The van der Waals surface area contributed by atoms with Crippen molar-refractivity contribution >= 4 is 20.6 Å². The quantitative estimate of drug-likeness (QED) is 0.750. The molecule has 0 unspecified atom stereocenters. The van der Waals surface area contributed by atoms with Crippen LogP contribution in [0.1, 0.15) is 0 Å². The van der Waals surface area contributed by atoms with E-state index in [2.05, 4.69) is 4.98 Å². The number of aromatic amines is 1. The molecule has 1 aromatic carbocycles. The van der Waals surface area contributed by atoms with Gasteiger partial charge in [-0.1, -0.05) is 6.07 Å². The van der Waals surface area contributed by atoms with Gasteiger partial charge in [-0.05, 0) is 17.5 Å². The van der Waals surface area contributed by atoms with E-state index in [0.29, 0.717) is 4.90 Å². The van der Waals surface area contributed by atoms with Crippen LogP contribution in [0, 0.1) is 0 Å². The molecule has 0 fully saturated rings. The van der Waals surface area contributed by atoms with Gasteiger partial charge in [-0.25, -0.2) is 8.42 Å². The first-order valence-electron chi connectivity index (χ1n) is 3.84. The Morgan fingerprint density at radius 2 is 1.85 bits per heavy atom. The van der Waals surface area contributed by atoms with Gasteiger partial charge in [-0.3, -0.25) is 0 Å². The molecule has 0 saturated carbocycles. The zero-order valence-corrected chi connectivity index (χ0v) is 7.93. The van der Waals surface area contributed by atoms with Crippen molar-refractivity contribution in [1.82, 2.24) is 4.98 Å². The SMILES string of the molecule is CS(=O)(=O)c1ccc2c[nH]cc2c1. The largest absolute Gasteiger partial charge is 0.366 e. The molecule has 3 nitrogen and oxygen atoms in total. The zero-order chi connectivity index (χ0) is 9.47. The van der Waals surface area contributed by atoms with Gasteiger partial charge in [0.1, 0.15) is 0 Å². The Kier molecular flexibility index (Phi) is 1.66. The van der Waals surface area contributed by atoms with Crippen LogP contribution in [0.15, 0.2) is 35.5 Å². The van der Waals surface area contributed by atoms with Crippen LogP contribution in [0.3, 0.4) is 0 Å². The Hall–Kier alpha value is -1.29. The summed E-state index contributed by atoms with van der Waals surface area (Å²) < 4.78 is 22.4. The molecule has 1 heterocycles. The third kappa shape index (κ3) is 1.45. The van der Waals surface area contributed by atoms with Crippen LogP contribution in [0.4, 0.5) is 0 Å². The molecule has 0 radical (unpaired) electrons. The summed E-state index contributed by atoms with van der Waals surface area (Å²) in [5.41, 5.74) is 0. The van der Waals surface area contributed by atoms with Crippen molar-refractivity contribution in [2.24, 2.45) is 0 Å². The average molecular weight is 195 g/mol. The summed E-state index contributed by atoms with van der Waals surface area (Å²) >= 11 is 0. The fourth-order valence-electron chi connectivity index (χ4n) is 1.26. The summed E-state index contributed by atoms with van der Waals surface area (Å²) in [6.07, 6.45) is 4.83. The zero-order valence-electron chi connectivity index (χ0n) is 7.11. The lowest BCUT2D eigenvalue weighted by atomic mass is 10.2. The van der Waals surface area contributed by atoms with Gasteiger partial charge >= 0.3 is 0 Å². The van der Waals surface area contributed by atoms with Crippen molar-refractivity contribution in [3.05, 3.63) is 30.6 Å². The summed E-state index contributed by atoms with van der Waals surface area (Å²) in [4.78, 5) is 3.28. The average Bonchev–Trinajstić information content (AvgIpc) is 2.47. The van der Waals surface area contributed by atoms with Gasteiger partial charge in [-0.15, -0.1) is 0 Å². The van der Waals surface area contributed by atoms with Crippen LogP contribution >= 0.6 is 0 Å². The highest BCUT2D eigenvalue weighted by atomic mass is 32.2. The second-order valence-electron chi connectivity index (χ2n) is 3.02. The summed E-state index contributed by atoms with van der Waals surface area (Å²) in [5.74, 6) is 0. The monoisotopic (exact) mass is 195 g/mol. The number of aromatic nitrogens is 1. The Bertz CT molecular complexity index is 539. The minimum Gasteiger partial charge on any atom is -0.366 e.